The Hall–Kier alpha value is -0.757. The third-order valence-electron chi connectivity index (χ3n) is 4.44. The quantitative estimate of drug-likeness (QED) is 0.303. The maximum atomic E-state index is 12.9. The van der Waals surface area contributed by atoms with Crippen molar-refractivity contribution < 1.29 is 38.5 Å². The predicted octanol–water partition coefficient (Wildman–Crippen LogP) is 4.16. The number of hydrogen-bond acceptors (Lipinski definition) is 4. The van der Waals surface area contributed by atoms with Crippen molar-refractivity contribution in [3.63, 3.8) is 0 Å². The molecule has 1 aliphatic heterocycles. The number of hydrazine groups is 1. The molecule has 1 aliphatic carbocycles. The average molecular weight is 544 g/mol. The van der Waals surface area contributed by atoms with Gasteiger partial charge >= 0.3 is 31.7 Å². The zero-order valence-corrected chi connectivity index (χ0v) is 23.2. The molecule has 1 aromatic carbocycles. The van der Waals surface area contributed by atoms with Crippen LogP contribution in [0.15, 0.2) is 24.3 Å². The van der Waals surface area contributed by atoms with E-state index in [0.29, 0.717) is 6.42 Å². The van der Waals surface area contributed by atoms with Crippen molar-refractivity contribution in [2.24, 2.45) is 0 Å². The van der Waals surface area contributed by atoms with E-state index < -0.39 is 23.4 Å². The second-order valence-electron chi connectivity index (χ2n) is 9.06. The van der Waals surface area contributed by atoms with Gasteiger partial charge in [0.15, 0.2) is 0 Å². The van der Waals surface area contributed by atoms with Crippen molar-refractivity contribution in [2.45, 2.75) is 77.2 Å². The minimum atomic E-state index is -0.656. The van der Waals surface area contributed by atoms with Crippen molar-refractivity contribution in [1.29, 1.82) is 0 Å². The van der Waals surface area contributed by atoms with Gasteiger partial charge in [-0.3, -0.25) is 6.42 Å². The van der Waals surface area contributed by atoms with E-state index in [4.69, 9.17) is 9.47 Å². The normalized spacial score (nSPS) is 22.4. The Morgan fingerprint density at radius 3 is 2.00 bits per heavy atom. The molecule has 1 aromatic rings. The molecule has 1 saturated carbocycles. The Morgan fingerprint density at radius 1 is 1.00 bits per heavy atom. The van der Waals surface area contributed by atoms with Crippen LogP contribution >= 0.6 is 19.8 Å². The summed E-state index contributed by atoms with van der Waals surface area (Å²) in [6.45, 7) is 10.9. The van der Waals surface area contributed by atoms with E-state index in [2.05, 4.69) is 12.5 Å². The third-order valence-corrected chi connectivity index (χ3v) is 4.44. The summed E-state index contributed by atoms with van der Waals surface area (Å²) >= 11 is 0. The molecule has 1 heterocycles. The first-order valence-corrected chi connectivity index (χ1v) is 9.32. The zero-order valence-electron chi connectivity index (χ0n) is 18.6. The zero-order chi connectivity index (χ0) is 20.0. The van der Waals surface area contributed by atoms with Crippen LogP contribution in [-0.4, -0.2) is 45.5 Å². The summed E-state index contributed by atoms with van der Waals surface area (Å²) < 4.78 is 11.1. The molecule has 5 unspecified atom stereocenters. The van der Waals surface area contributed by atoms with Gasteiger partial charge in [0.1, 0.15) is 11.2 Å². The fourth-order valence-corrected chi connectivity index (χ4v) is 3.58. The van der Waals surface area contributed by atoms with Gasteiger partial charge in [-0.15, -0.1) is 5.92 Å². The van der Waals surface area contributed by atoms with E-state index in [1.54, 1.807) is 0 Å². The van der Waals surface area contributed by atoms with E-state index in [1.165, 1.54) is 10.0 Å². The first-order chi connectivity index (χ1) is 12.5. The van der Waals surface area contributed by atoms with Gasteiger partial charge in [-0.25, -0.2) is 19.6 Å². The minimum absolute atomic E-state index is 0. The number of hydrogen-bond donors (Lipinski definition) is 0. The summed E-state index contributed by atoms with van der Waals surface area (Å²) in [7, 11) is 0. The summed E-state index contributed by atoms with van der Waals surface area (Å²) in [5.41, 5.74) is -0.302. The van der Waals surface area contributed by atoms with Gasteiger partial charge in [-0.2, -0.15) is 55.7 Å². The Morgan fingerprint density at radius 2 is 1.53 bits per heavy atom. The third kappa shape index (κ3) is 6.62. The van der Waals surface area contributed by atoms with Gasteiger partial charge in [0.05, 0.1) is 0 Å². The molecule has 0 aromatic heterocycles. The Labute approximate surface area is 199 Å². The van der Waals surface area contributed by atoms with Crippen molar-refractivity contribution in [1.82, 2.24) is 10.0 Å². The number of rotatable bonds is 1. The van der Waals surface area contributed by atoms with E-state index in [9.17, 15) is 9.59 Å². The van der Waals surface area contributed by atoms with Crippen LogP contribution in [0.25, 0.3) is 0 Å². The fraction of sp³-hybridized carbons (Fsp3) is 0.571. The van der Waals surface area contributed by atoms with Gasteiger partial charge in [-0.05, 0) is 48.0 Å². The van der Waals surface area contributed by atoms with E-state index in [-0.39, 0.29) is 57.3 Å². The van der Waals surface area contributed by atoms with Crippen LogP contribution in [0.3, 0.4) is 0 Å². The van der Waals surface area contributed by atoms with Gasteiger partial charge in [0.25, 0.3) is 0 Å². The molecule has 2 amide bonds. The number of carbonyl (C=O) groups excluding carboxylic acids is 2. The topological polar surface area (TPSA) is 59.1 Å². The van der Waals surface area contributed by atoms with Crippen LogP contribution in [0.4, 0.5) is 9.59 Å². The first-order valence-electron chi connectivity index (χ1n) is 9.32. The molecule has 2 aliphatic rings. The number of nitrogens with zero attached hydrogens (tertiary/aromatic N) is 2. The number of benzene rings is 1. The van der Waals surface area contributed by atoms with Crippen molar-refractivity contribution in [2.75, 3.05) is 0 Å². The van der Waals surface area contributed by atoms with Gasteiger partial charge in [0.2, 0.25) is 0 Å². The molecule has 9 heteroatoms. The van der Waals surface area contributed by atoms with Crippen LogP contribution < -0.4 is 0 Å². The van der Waals surface area contributed by atoms with Crippen molar-refractivity contribution in [3.8, 4) is 0 Å². The molecule has 3 rings (SSSR count). The van der Waals surface area contributed by atoms with Crippen LogP contribution in [0.2, 0.25) is 0 Å². The number of carbonyl (C=O) groups is 2. The summed E-state index contributed by atoms with van der Waals surface area (Å²) in [5, 5.41) is 2.85. The Kier molecular flexibility index (Phi) is 10.4. The Bertz CT molecular complexity index is 722. The first kappa shape index (κ1) is 29.2. The number of amides is 2. The fourth-order valence-electron chi connectivity index (χ4n) is 3.58. The van der Waals surface area contributed by atoms with E-state index >= 15 is 0 Å². The molecular formula is C21H35N2O4P2Rh. The van der Waals surface area contributed by atoms with Crippen molar-refractivity contribution in [3.05, 3.63) is 42.3 Å². The van der Waals surface area contributed by atoms with Crippen LogP contribution in [-0.2, 0) is 29.0 Å². The molecule has 1 saturated heterocycles. The summed E-state index contributed by atoms with van der Waals surface area (Å²) in [4.78, 5) is 25.7. The average Bonchev–Trinajstić information content (AvgIpc) is 3.10. The van der Waals surface area contributed by atoms with E-state index in [0.717, 1.165) is 5.56 Å². The summed E-state index contributed by atoms with van der Waals surface area (Å²) in [5.74, 6) is 0.00223. The van der Waals surface area contributed by atoms with Crippen LogP contribution in [0.1, 0.15) is 59.4 Å². The van der Waals surface area contributed by atoms with Crippen LogP contribution in [0, 0.1) is 12.5 Å². The monoisotopic (exact) mass is 544 g/mol. The molecular weight excluding hydrogens is 509 g/mol. The molecule has 6 nitrogen and oxygen atoms in total. The number of fused-ring (bicyclic) bond motifs is 2. The molecule has 2 bridgehead atoms. The summed E-state index contributed by atoms with van der Waals surface area (Å²) in [6, 6.07) is 10.5. The molecule has 0 N–H and O–H groups in total. The Balaban J connectivity index is 0.00000280. The summed E-state index contributed by atoms with van der Waals surface area (Å²) in [6.07, 6.45) is 1.69. The maximum absolute atomic E-state index is 12.9. The second kappa shape index (κ2) is 10.7. The number of ether oxygens (including phenoxy) is 2. The molecule has 30 heavy (non-hydrogen) atoms. The predicted molar refractivity (Wildman–Crippen MR) is 124 cm³/mol. The van der Waals surface area contributed by atoms with Crippen molar-refractivity contribution >= 4 is 32.0 Å². The molecule has 172 valence electrons. The molecule has 2 fully saturated rings. The second-order valence-corrected chi connectivity index (χ2v) is 9.06. The SMILES string of the molecule is CC(C)(C)OC(=O)N1C2[CH-]C(c3[c-]cccc3)C(C2)N1C(=O)OC(C)(C)C.P.P.[RhH+2]. The van der Waals surface area contributed by atoms with Gasteiger partial charge in [-0.1, -0.05) is 6.04 Å². The van der Waals surface area contributed by atoms with E-state index in [1.807, 2.05) is 65.8 Å². The standard InChI is InChI=1S/C21H28N2O4.2H3P.Rh.H/c1-20(2,3)26-18(24)22-15-12-16(14-10-8-7-9-11-14)17(13-15)23(22)19(25)27-21(4,5)6;;;;/h7-10,12,15-17H,13H2,1-6H3;2*1H3;;/q-2;;;+2;. The van der Waals surface area contributed by atoms with Gasteiger partial charge in [0, 0.05) is 6.04 Å². The van der Waals surface area contributed by atoms with Crippen LogP contribution in [0.5, 0.6) is 0 Å². The molecule has 0 spiro atoms. The van der Waals surface area contributed by atoms with Gasteiger partial charge < -0.3 is 9.47 Å². The molecule has 5 atom stereocenters. The molecule has 1 radical (unpaired) electrons.